The summed E-state index contributed by atoms with van der Waals surface area (Å²) in [5.41, 5.74) is 1.23. The van der Waals surface area contributed by atoms with Crippen LogP contribution >= 0.6 is 0 Å². The van der Waals surface area contributed by atoms with E-state index in [1.54, 1.807) is 20.3 Å². The number of ether oxygens (including phenoxy) is 2. The van der Waals surface area contributed by atoms with E-state index >= 15 is 0 Å². The molecule has 1 heterocycles. The Morgan fingerprint density at radius 3 is 2.78 bits per heavy atom. The lowest BCUT2D eigenvalue weighted by atomic mass is 9.94. The Kier molecular flexibility index (Phi) is 4.55. The lowest BCUT2D eigenvalue weighted by Gasteiger charge is -2.26. The highest BCUT2D eigenvalue weighted by molar-refractivity contribution is 5.41. The summed E-state index contributed by atoms with van der Waals surface area (Å²) in [6.07, 6.45) is 3.22. The first-order valence-electron chi connectivity index (χ1n) is 6.35. The highest BCUT2D eigenvalue weighted by atomic mass is 19.1. The minimum atomic E-state index is -0.199. The minimum absolute atomic E-state index is 0.0468. The molecule has 1 aliphatic rings. The number of hydrogen-bond donors (Lipinski definition) is 1. The van der Waals surface area contributed by atoms with E-state index in [1.807, 2.05) is 6.07 Å². The second-order valence-electron chi connectivity index (χ2n) is 4.59. The maximum Gasteiger partial charge on any atom is 0.137 e. The fourth-order valence-corrected chi connectivity index (χ4v) is 2.49. The second-order valence-corrected chi connectivity index (χ2v) is 4.59. The normalized spacial score (nSPS) is 19.8. The van der Waals surface area contributed by atoms with Gasteiger partial charge in [0.25, 0.3) is 0 Å². The van der Waals surface area contributed by atoms with E-state index in [0.29, 0.717) is 16.9 Å². The van der Waals surface area contributed by atoms with E-state index in [2.05, 4.69) is 5.32 Å². The topological polar surface area (TPSA) is 30.5 Å². The van der Waals surface area contributed by atoms with Gasteiger partial charge < -0.3 is 14.8 Å². The monoisotopic (exact) mass is 253 g/mol. The second kappa shape index (κ2) is 6.16. The molecule has 1 aromatic rings. The largest absolute Gasteiger partial charge is 0.496 e. The number of nitrogens with one attached hydrogen (secondary N) is 1. The maximum atomic E-state index is 14.5. The predicted octanol–water partition coefficient (Wildman–Crippen LogP) is 2.80. The number of rotatable bonds is 4. The van der Waals surface area contributed by atoms with Crippen LogP contribution in [0.25, 0.3) is 0 Å². The van der Waals surface area contributed by atoms with Crippen molar-refractivity contribution in [1.82, 2.24) is 5.32 Å². The molecule has 0 radical (unpaired) electrons. The van der Waals surface area contributed by atoms with Gasteiger partial charge in [0.15, 0.2) is 0 Å². The molecule has 18 heavy (non-hydrogen) atoms. The molecule has 1 aromatic carbocycles. The Balaban J connectivity index is 2.37. The first kappa shape index (κ1) is 13.3. The van der Waals surface area contributed by atoms with Crippen LogP contribution in [0.5, 0.6) is 5.75 Å². The van der Waals surface area contributed by atoms with Gasteiger partial charge in [0, 0.05) is 24.3 Å². The molecule has 100 valence electrons. The van der Waals surface area contributed by atoms with Gasteiger partial charge in [0.05, 0.1) is 13.7 Å². The van der Waals surface area contributed by atoms with Crippen molar-refractivity contribution in [3.63, 3.8) is 0 Å². The summed E-state index contributed by atoms with van der Waals surface area (Å²) in [4.78, 5) is 0. The van der Waals surface area contributed by atoms with Crippen LogP contribution in [-0.2, 0) is 11.3 Å². The number of methoxy groups -OCH3 is 2. The lowest BCUT2D eigenvalue weighted by molar-refractivity contribution is 0.180. The fourth-order valence-electron chi connectivity index (χ4n) is 2.49. The van der Waals surface area contributed by atoms with Gasteiger partial charge >= 0.3 is 0 Å². The van der Waals surface area contributed by atoms with Crippen LogP contribution in [0.15, 0.2) is 12.1 Å². The Morgan fingerprint density at radius 2 is 2.17 bits per heavy atom. The Bertz CT molecular complexity index is 403. The summed E-state index contributed by atoms with van der Waals surface area (Å²) >= 11 is 0. The molecule has 0 saturated carbocycles. The van der Waals surface area contributed by atoms with E-state index < -0.39 is 0 Å². The average Bonchev–Trinajstić information content (AvgIpc) is 2.42. The third-order valence-electron chi connectivity index (χ3n) is 3.40. The molecule has 1 N–H and O–H groups in total. The smallest absolute Gasteiger partial charge is 0.137 e. The number of hydrogen-bond acceptors (Lipinski definition) is 3. The molecule has 0 spiro atoms. The van der Waals surface area contributed by atoms with Gasteiger partial charge in [-0.3, -0.25) is 0 Å². The van der Waals surface area contributed by atoms with Crippen molar-refractivity contribution in [3.8, 4) is 5.75 Å². The maximum absolute atomic E-state index is 14.5. The van der Waals surface area contributed by atoms with Gasteiger partial charge in [-0.2, -0.15) is 0 Å². The third kappa shape index (κ3) is 2.65. The van der Waals surface area contributed by atoms with Crippen LogP contribution in [0.2, 0.25) is 0 Å². The third-order valence-corrected chi connectivity index (χ3v) is 3.40. The fraction of sp³-hybridized carbons (Fsp3) is 0.571. The molecule has 1 atom stereocenters. The summed E-state index contributed by atoms with van der Waals surface area (Å²) in [6, 6.07) is 3.60. The van der Waals surface area contributed by atoms with Crippen LogP contribution in [0.3, 0.4) is 0 Å². The summed E-state index contributed by atoms with van der Waals surface area (Å²) in [7, 11) is 3.15. The minimum Gasteiger partial charge on any atom is -0.496 e. The number of halogens is 1. The van der Waals surface area contributed by atoms with Crippen LogP contribution in [0, 0.1) is 5.82 Å². The summed E-state index contributed by atoms with van der Waals surface area (Å²) in [5, 5.41) is 3.36. The molecule has 1 aliphatic heterocycles. The van der Waals surface area contributed by atoms with E-state index in [0.717, 1.165) is 25.8 Å². The van der Waals surface area contributed by atoms with Crippen LogP contribution in [-0.4, -0.2) is 20.8 Å². The Labute approximate surface area is 107 Å². The van der Waals surface area contributed by atoms with Crippen molar-refractivity contribution in [2.45, 2.75) is 31.9 Å². The quantitative estimate of drug-likeness (QED) is 0.895. The van der Waals surface area contributed by atoms with Crippen LogP contribution in [0.4, 0.5) is 4.39 Å². The molecule has 1 unspecified atom stereocenters. The van der Waals surface area contributed by atoms with Gasteiger partial charge in [0.2, 0.25) is 0 Å². The van der Waals surface area contributed by atoms with Crippen molar-refractivity contribution in [3.05, 3.63) is 29.1 Å². The highest BCUT2D eigenvalue weighted by Gasteiger charge is 2.24. The zero-order valence-electron chi connectivity index (χ0n) is 11.0. The van der Waals surface area contributed by atoms with Crippen molar-refractivity contribution >= 4 is 0 Å². The molecule has 3 nitrogen and oxygen atoms in total. The SMILES string of the molecule is COCc1ccc(OC)c(C2CCCCN2)c1F. The van der Waals surface area contributed by atoms with Crippen molar-refractivity contribution in [2.24, 2.45) is 0 Å². The zero-order chi connectivity index (χ0) is 13.0. The first-order valence-corrected chi connectivity index (χ1v) is 6.35. The van der Waals surface area contributed by atoms with Gasteiger partial charge in [-0.15, -0.1) is 0 Å². The van der Waals surface area contributed by atoms with Crippen molar-refractivity contribution in [2.75, 3.05) is 20.8 Å². The molecule has 2 rings (SSSR count). The van der Waals surface area contributed by atoms with Gasteiger partial charge in [-0.05, 0) is 25.5 Å². The first-order chi connectivity index (χ1) is 8.77. The molecule has 0 bridgehead atoms. The zero-order valence-corrected chi connectivity index (χ0v) is 11.0. The van der Waals surface area contributed by atoms with Gasteiger partial charge in [-0.25, -0.2) is 4.39 Å². The van der Waals surface area contributed by atoms with Crippen molar-refractivity contribution < 1.29 is 13.9 Å². The Hall–Kier alpha value is -1.13. The van der Waals surface area contributed by atoms with E-state index in [1.165, 1.54) is 0 Å². The standard InChI is InChI=1S/C14H20FNO2/c1-17-9-10-6-7-12(18-2)13(14(10)15)11-5-3-4-8-16-11/h6-7,11,16H,3-5,8-9H2,1-2H3. The highest BCUT2D eigenvalue weighted by Crippen LogP contribution is 2.34. The molecule has 0 amide bonds. The van der Waals surface area contributed by atoms with E-state index in [-0.39, 0.29) is 18.5 Å². The van der Waals surface area contributed by atoms with Crippen molar-refractivity contribution in [1.29, 1.82) is 0 Å². The number of piperidine rings is 1. The molecule has 0 aromatic heterocycles. The predicted molar refractivity (Wildman–Crippen MR) is 68.3 cm³/mol. The lowest BCUT2D eigenvalue weighted by Crippen LogP contribution is -2.28. The molecule has 1 saturated heterocycles. The summed E-state index contributed by atoms with van der Waals surface area (Å²) in [5.74, 6) is 0.419. The van der Waals surface area contributed by atoms with E-state index in [9.17, 15) is 4.39 Å². The van der Waals surface area contributed by atoms with Gasteiger partial charge in [0.1, 0.15) is 11.6 Å². The summed E-state index contributed by atoms with van der Waals surface area (Å²) < 4.78 is 24.8. The molecular formula is C14H20FNO2. The number of benzene rings is 1. The van der Waals surface area contributed by atoms with Gasteiger partial charge in [-0.1, -0.05) is 12.5 Å². The Morgan fingerprint density at radius 1 is 1.33 bits per heavy atom. The molecule has 4 heteroatoms. The molecule has 0 aliphatic carbocycles. The van der Waals surface area contributed by atoms with Crippen LogP contribution < -0.4 is 10.1 Å². The summed E-state index contributed by atoms with van der Waals surface area (Å²) in [6.45, 7) is 1.22. The van der Waals surface area contributed by atoms with Crippen LogP contribution in [0.1, 0.15) is 36.4 Å². The average molecular weight is 253 g/mol. The molecule has 1 fully saturated rings. The van der Waals surface area contributed by atoms with E-state index in [4.69, 9.17) is 9.47 Å². The molecular weight excluding hydrogens is 233 g/mol.